The molecule has 2 amide bonds. The minimum atomic E-state index is -0.367. The van der Waals surface area contributed by atoms with E-state index in [0.29, 0.717) is 17.1 Å². The smallest absolute Gasteiger partial charge is 0.263 e. The molecule has 0 fully saturated rings. The number of fused-ring (bicyclic) bond motifs is 3. The fourth-order valence-electron chi connectivity index (χ4n) is 2.78. The molecule has 2 N–H and O–H groups in total. The third-order valence-corrected chi connectivity index (χ3v) is 5.97. The van der Waals surface area contributed by atoms with Gasteiger partial charge in [-0.3, -0.25) is 29.8 Å². The first-order valence-corrected chi connectivity index (χ1v) is 9.65. The second-order valence-corrected chi connectivity index (χ2v) is 7.68. The van der Waals surface area contributed by atoms with Crippen LogP contribution in [0.15, 0.2) is 22.6 Å². The van der Waals surface area contributed by atoms with Crippen LogP contribution >= 0.6 is 23.1 Å². The van der Waals surface area contributed by atoms with Crippen LogP contribution in [0.2, 0.25) is 0 Å². The van der Waals surface area contributed by atoms with Crippen molar-refractivity contribution in [2.24, 2.45) is 0 Å². The highest BCUT2D eigenvalue weighted by Gasteiger charge is 2.23. The Morgan fingerprint density at radius 2 is 2.20 bits per heavy atom. The van der Waals surface area contributed by atoms with Gasteiger partial charge in [0.05, 0.1) is 11.1 Å². The fraction of sp³-hybridized carbons (Fsp3) is 0.375. The van der Waals surface area contributed by atoms with E-state index in [-0.39, 0.29) is 23.1 Å². The zero-order valence-electron chi connectivity index (χ0n) is 13.8. The highest BCUT2D eigenvalue weighted by Crippen LogP contribution is 2.35. The van der Waals surface area contributed by atoms with Crippen molar-refractivity contribution in [2.75, 3.05) is 5.75 Å². The van der Waals surface area contributed by atoms with Gasteiger partial charge in [0.1, 0.15) is 4.83 Å². The number of aromatic nitrogens is 2. The summed E-state index contributed by atoms with van der Waals surface area (Å²) in [4.78, 5) is 42.1. The molecule has 0 saturated carbocycles. The molecular formula is C16H18N4O3S2. The number of hydrazine groups is 1. The quantitative estimate of drug-likeness (QED) is 0.355. The minimum absolute atomic E-state index is 0.0421. The maximum atomic E-state index is 12.9. The number of nitrogens with zero attached hydrogens (tertiary/aromatic N) is 2. The molecular weight excluding hydrogens is 360 g/mol. The first kappa shape index (κ1) is 17.7. The summed E-state index contributed by atoms with van der Waals surface area (Å²) in [5.74, 6) is -0.677. The number of hydrogen-bond donors (Lipinski definition) is 2. The van der Waals surface area contributed by atoms with Gasteiger partial charge >= 0.3 is 0 Å². The number of allylic oxidation sites excluding steroid dienone is 1. The average Bonchev–Trinajstić information content (AvgIpc) is 3.14. The molecule has 0 unspecified atom stereocenters. The number of hydrogen-bond acceptors (Lipinski definition) is 6. The number of nitrogens with one attached hydrogen (secondary N) is 2. The Hall–Kier alpha value is -2.13. The largest absolute Gasteiger partial charge is 0.283 e. The summed E-state index contributed by atoms with van der Waals surface area (Å²) in [6.45, 7) is 5.34. The normalized spacial score (nSPS) is 12.8. The van der Waals surface area contributed by atoms with E-state index < -0.39 is 0 Å². The Morgan fingerprint density at radius 1 is 1.40 bits per heavy atom. The maximum absolute atomic E-state index is 12.9. The van der Waals surface area contributed by atoms with Gasteiger partial charge in [0, 0.05) is 18.3 Å². The van der Waals surface area contributed by atoms with Crippen molar-refractivity contribution in [2.45, 2.75) is 37.9 Å². The molecule has 3 rings (SSSR count). The molecule has 1 aliphatic rings. The molecule has 25 heavy (non-hydrogen) atoms. The Labute approximate surface area is 152 Å². The predicted octanol–water partition coefficient (Wildman–Crippen LogP) is 1.39. The van der Waals surface area contributed by atoms with Crippen molar-refractivity contribution in [3.8, 4) is 0 Å². The van der Waals surface area contributed by atoms with Crippen molar-refractivity contribution in [3.63, 3.8) is 0 Å². The van der Waals surface area contributed by atoms with Crippen LogP contribution < -0.4 is 16.4 Å². The summed E-state index contributed by atoms with van der Waals surface area (Å²) in [6.07, 6.45) is 4.64. The molecule has 0 aliphatic heterocycles. The Bertz CT molecular complexity index is 916. The number of thioether (sulfide) groups is 1. The molecule has 0 bridgehead atoms. The van der Waals surface area contributed by atoms with E-state index in [1.807, 2.05) is 0 Å². The van der Waals surface area contributed by atoms with Gasteiger partial charge in [-0.1, -0.05) is 17.8 Å². The van der Waals surface area contributed by atoms with Gasteiger partial charge in [0.2, 0.25) is 11.8 Å². The summed E-state index contributed by atoms with van der Waals surface area (Å²) in [5.41, 5.74) is 5.59. The second kappa shape index (κ2) is 7.40. The van der Waals surface area contributed by atoms with Crippen LogP contribution in [0.3, 0.4) is 0 Å². The molecule has 0 atom stereocenters. The van der Waals surface area contributed by atoms with E-state index in [1.54, 1.807) is 22.0 Å². The molecule has 2 aromatic heterocycles. The van der Waals surface area contributed by atoms with E-state index in [1.165, 1.54) is 11.8 Å². The third-order valence-electron chi connectivity index (χ3n) is 3.81. The molecule has 0 aromatic carbocycles. The lowest BCUT2D eigenvalue weighted by Crippen LogP contribution is -2.41. The lowest BCUT2D eigenvalue weighted by Gasteiger charge is -2.10. The maximum Gasteiger partial charge on any atom is 0.263 e. The summed E-state index contributed by atoms with van der Waals surface area (Å²) < 4.78 is 1.55. The number of rotatable bonds is 5. The lowest BCUT2D eigenvalue weighted by molar-refractivity contribution is -0.126. The molecule has 0 saturated heterocycles. The van der Waals surface area contributed by atoms with Crippen molar-refractivity contribution in [1.82, 2.24) is 20.4 Å². The lowest BCUT2D eigenvalue weighted by atomic mass is 10.2. The van der Waals surface area contributed by atoms with Gasteiger partial charge in [-0.05, 0) is 24.8 Å². The van der Waals surface area contributed by atoms with Crippen LogP contribution in [0.4, 0.5) is 0 Å². The van der Waals surface area contributed by atoms with E-state index in [0.717, 1.165) is 41.4 Å². The first-order valence-electron chi connectivity index (χ1n) is 7.85. The van der Waals surface area contributed by atoms with E-state index in [2.05, 4.69) is 22.4 Å². The van der Waals surface area contributed by atoms with Crippen LogP contribution in [0.5, 0.6) is 0 Å². The van der Waals surface area contributed by atoms with Crippen LogP contribution in [-0.2, 0) is 29.0 Å². The molecule has 0 radical (unpaired) electrons. The average molecular weight is 378 g/mol. The molecule has 1 aliphatic carbocycles. The van der Waals surface area contributed by atoms with Crippen LogP contribution in [0.1, 0.15) is 23.8 Å². The third kappa shape index (κ3) is 3.62. The monoisotopic (exact) mass is 378 g/mol. The second-order valence-electron chi connectivity index (χ2n) is 5.65. The molecule has 2 heterocycles. The topological polar surface area (TPSA) is 93.1 Å². The van der Waals surface area contributed by atoms with Crippen LogP contribution in [0, 0.1) is 0 Å². The summed E-state index contributed by atoms with van der Waals surface area (Å²) in [5, 5.41) is 1.20. The Morgan fingerprint density at radius 3 is 2.92 bits per heavy atom. The molecule has 9 heteroatoms. The first-order chi connectivity index (χ1) is 12.0. The number of carbonyl (C=O) groups is 2. The van der Waals surface area contributed by atoms with Gasteiger partial charge in [0.15, 0.2) is 5.16 Å². The van der Waals surface area contributed by atoms with E-state index >= 15 is 0 Å². The SMILES string of the molecule is C=CCn1c(SCC(=O)NNC(C)=O)nc2sc3c(c2c1=O)CCC3. The van der Waals surface area contributed by atoms with E-state index in [9.17, 15) is 14.4 Å². The van der Waals surface area contributed by atoms with Gasteiger partial charge in [0.25, 0.3) is 5.56 Å². The number of thiophene rings is 1. The van der Waals surface area contributed by atoms with Crippen molar-refractivity contribution in [1.29, 1.82) is 0 Å². The van der Waals surface area contributed by atoms with Gasteiger partial charge < -0.3 is 0 Å². The molecule has 132 valence electrons. The van der Waals surface area contributed by atoms with Crippen LogP contribution in [0.25, 0.3) is 10.2 Å². The number of amides is 2. The van der Waals surface area contributed by atoms with Crippen molar-refractivity contribution in [3.05, 3.63) is 33.4 Å². The minimum Gasteiger partial charge on any atom is -0.283 e. The molecule has 7 nitrogen and oxygen atoms in total. The highest BCUT2D eigenvalue weighted by molar-refractivity contribution is 7.99. The van der Waals surface area contributed by atoms with Gasteiger partial charge in [-0.25, -0.2) is 4.98 Å². The zero-order chi connectivity index (χ0) is 18.0. The Kier molecular flexibility index (Phi) is 5.24. The molecule has 0 spiro atoms. The standard InChI is InChI=1S/C16H18N4O3S2/c1-3-7-20-15(23)13-10-5-4-6-11(10)25-14(13)17-16(20)24-8-12(22)19-18-9(2)21/h3H,1,4-8H2,2H3,(H,18,21)(H,19,22). The summed E-state index contributed by atoms with van der Waals surface area (Å²) >= 11 is 2.73. The van der Waals surface area contributed by atoms with Gasteiger partial charge in [-0.15, -0.1) is 17.9 Å². The van der Waals surface area contributed by atoms with Crippen LogP contribution in [-0.4, -0.2) is 27.1 Å². The number of carbonyl (C=O) groups excluding carboxylic acids is 2. The fourth-order valence-corrected chi connectivity index (χ4v) is 4.89. The van der Waals surface area contributed by atoms with Crippen molar-refractivity contribution >= 4 is 45.1 Å². The summed E-state index contributed by atoms with van der Waals surface area (Å²) in [6, 6.07) is 0. The zero-order valence-corrected chi connectivity index (χ0v) is 15.4. The van der Waals surface area contributed by atoms with Crippen molar-refractivity contribution < 1.29 is 9.59 Å². The summed E-state index contributed by atoms with van der Waals surface area (Å²) in [7, 11) is 0. The van der Waals surface area contributed by atoms with Gasteiger partial charge in [-0.2, -0.15) is 0 Å². The Balaban J connectivity index is 1.90. The number of aryl methyl sites for hydroxylation is 2. The van der Waals surface area contributed by atoms with E-state index in [4.69, 9.17) is 0 Å². The highest BCUT2D eigenvalue weighted by atomic mass is 32.2. The molecule has 2 aromatic rings. The predicted molar refractivity (Wildman–Crippen MR) is 98.8 cm³/mol.